The van der Waals surface area contributed by atoms with Crippen molar-refractivity contribution >= 4 is 131 Å². The maximum absolute atomic E-state index is 14.3. The van der Waals surface area contributed by atoms with Gasteiger partial charge in [-0.05, 0) is 16.9 Å². The van der Waals surface area contributed by atoms with E-state index in [0.29, 0.717) is 25.9 Å². The van der Waals surface area contributed by atoms with Gasteiger partial charge in [0.2, 0.25) is 0 Å². The normalized spacial score (nSPS) is 30.4. The summed E-state index contributed by atoms with van der Waals surface area (Å²) in [6, 6.07) is 72.2. The molecule has 2 fully saturated rings. The molecular weight excluding hydrogens is 1160 g/mol. The summed E-state index contributed by atoms with van der Waals surface area (Å²) in [5, 5.41) is 3.23. The van der Waals surface area contributed by atoms with Crippen molar-refractivity contribution < 1.29 is 68.5 Å². The van der Waals surface area contributed by atoms with Gasteiger partial charge >= 0.3 is 89.5 Å². The van der Waals surface area contributed by atoms with Crippen LogP contribution in [-0.2, 0) is 54.1 Å². The first-order chi connectivity index (χ1) is 37.8. The van der Waals surface area contributed by atoms with Gasteiger partial charge in [0.05, 0.1) is 0 Å². The first-order valence-corrected chi connectivity index (χ1v) is 42.9. The highest BCUT2D eigenvalue weighted by Crippen LogP contribution is 2.36. The lowest BCUT2D eigenvalue weighted by atomic mass is 10.4. The van der Waals surface area contributed by atoms with Crippen molar-refractivity contribution in [3.63, 3.8) is 0 Å². The largest absolute Gasteiger partial charge is 0.522 e. The monoisotopic (exact) mass is 1220 g/mol. The lowest BCUT2D eigenvalue weighted by molar-refractivity contribution is 0.0672. The van der Waals surface area contributed by atoms with E-state index in [0.717, 1.165) is 0 Å². The van der Waals surface area contributed by atoms with Crippen molar-refractivity contribution in [2.24, 2.45) is 0 Å². The van der Waals surface area contributed by atoms with E-state index in [1.165, 1.54) is 20.8 Å². The van der Waals surface area contributed by atoms with Crippen LogP contribution in [0.15, 0.2) is 243 Å². The third kappa shape index (κ3) is 12.1. The molecule has 10 unspecified atom stereocenters. The molecule has 2 aliphatic rings. The van der Waals surface area contributed by atoms with Crippen LogP contribution < -0.4 is 41.5 Å². The van der Waals surface area contributed by atoms with Gasteiger partial charge in [0.25, 0.3) is 0 Å². The molecule has 0 saturated carbocycles. The van der Waals surface area contributed by atoms with Gasteiger partial charge in [0.15, 0.2) is 0 Å². The van der Waals surface area contributed by atoms with E-state index in [9.17, 15) is 14.4 Å². The fraction of sp³-hybridized carbons (Fsp3) is 0.0769. The van der Waals surface area contributed by atoms with Crippen LogP contribution >= 0.6 is 0 Å². The minimum Gasteiger partial charge on any atom is -0.413 e. The van der Waals surface area contributed by atoms with E-state index in [-0.39, 0.29) is 15.6 Å². The van der Waals surface area contributed by atoms with Crippen molar-refractivity contribution in [1.82, 2.24) is 0 Å². The maximum atomic E-state index is 14.3. The maximum Gasteiger partial charge on any atom is 0.522 e. The molecule has 402 valence electrons. The highest BCUT2D eigenvalue weighted by molar-refractivity contribution is 7.05. The second kappa shape index (κ2) is 24.2. The second-order valence-corrected chi connectivity index (χ2v) is 44.4. The fourth-order valence-corrected chi connectivity index (χ4v) is 50.2. The van der Waals surface area contributed by atoms with Crippen molar-refractivity contribution in [2.75, 3.05) is 14.2 Å². The summed E-state index contributed by atoms with van der Waals surface area (Å²) in [7, 11) is -43.0. The zero-order valence-electron chi connectivity index (χ0n) is 43.0. The van der Waals surface area contributed by atoms with Crippen LogP contribution in [0.4, 0.5) is 0 Å². The number of fused-ring (bicyclic) bond motifs is 2. The van der Waals surface area contributed by atoms with E-state index < -0.39 is 89.5 Å². The molecule has 2 aliphatic heterocycles. The van der Waals surface area contributed by atoms with Crippen molar-refractivity contribution in [2.45, 2.75) is 13.1 Å². The molecule has 0 spiro atoms. The quantitative estimate of drug-likeness (QED) is 0.149. The Kier molecular flexibility index (Phi) is 17.5. The molecule has 78 heavy (non-hydrogen) atoms. The predicted molar refractivity (Wildman–Crippen MR) is 315 cm³/mol. The van der Waals surface area contributed by atoms with Gasteiger partial charge in [0, 0.05) is 51.9 Å². The summed E-state index contributed by atoms with van der Waals surface area (Å²) in [4.78, 5) is 39.6. The summed E-state index contributed by atoms with van der Waals surface area (Å²) in [6.45, 7) is 3.03. The number of rotatable bonds is 12. The highest BCUT2D eigenvalue weighted by Gasteiger charge is 2.73. The van der Waals surface area contributed by atoms with E-state index in [4.69, 9.17) is 54.1 Å². The second-order valence-electron chi connectivity index (χ2n) is 18.2. The van der Waals surface area contributed by atoms with E-state index in [2.05, 4.69) is 0 Å². The third-order valence-electron chi connectivity index (χ3n) is 12.6. The van der Waals surface area contributed by atoms with Gasteiger partial charge in [0.1, 0.15) is 0 Å². The average molecular weight is 1220 g/mol. The standard InChI is InChI=1S/C52H58O16Si10/c1-56-74(48-35-19-8-20-36-48)62-72(4,54)63-75(57-2,49-37-21-9-22-38-49)66-78(52-43-27-12-28-44-52)67-76(59-69(3)53,50-39-23-10-24-40-50)61-71(46-31-15-6-16-32-46)58-70(45-29-13-5-14-30-45)60-73(55,47-33-17-7-18-34-47)64-77(65-74,68-78)51-41-25-11-26-42-51/h5-44,53-55,69-71H,1-4H3. The summed E-state index contributed by atoms with van der Waals surface area (Å²) >= 11 is 0. The van der Waals surface area contributed by atoms with Crippen LogP contribution in [-0.4, -0.2) is 118 Å². The molecular formula is C52H58O16Si10. The van der Waals surface area contributed by atoms with Crippen LogP contribution in [0.1, 0.15) is 0 Å². The van der Waals surface area contributed by atoms with Crippen molar-refractivity contribution in [3.8, 4) is 0 Å². The molecule has 0 radical (unpaired) electrons. The average Bonchev–Trinajstić information content (AvgIpc) is 3.62. The van der Waals surface area contributed by atoms with E-state index in [1.54, 1.807) is 140 Å². The Hall–Kier alpha value is -4.71. The van der Waals surface area contributed by atoms with E-state index in [1.807, 2.05) is 109 Å². The van der Waals surface area contributed by atoms with E-state index >= 15 is 0 Å². The Balaban J connectivity index is 1.41. The summed E-state index contributed by atoms with van der Waals surface area (Å²) in [5.74, 6) is 0. The summed E-state index contributed by atoms with van der Waals surface area (Å²) in [5.41, 5.74) is 0. The van der Waals surface area contributed by atoms with Crippen molar-refractivity contribution in [3.05, 3.63) is 243 Å². The Bertz CT molecular complexity index is 3180. The van der Waals surface area contributed by atoms with Gasteiger partial charge in [-0.2, -0.15) is 0 Å². The molecule has 8 aromatic rings. The van der Waals surface area contributed by atoms with Crippen LogP contribution in [0.2, 0.25) is 13.1 Å². The zero-order chi connectivity index (χ0) is 54.3. The molecule has 10 rings (SSSR count). The first kappa shape index (κ1) is 56.6. The van der Waals surface area contributed by atoms with Gasteiger partial charge in [-0.25, -0.2) is 0 Å². The lowest BCUT2D eigenvalue weighted by Gasteiger charge is -2.51. The Morgan fingerprint density at radius 3 is 1.05 bits per heavy atom. The Labute approximate surface area is 466 Å². The Morgan fingerprint density at radius 2 is 0.679 bits per heavy atom. The molecule has 2 bridgehead atoms. The number of benzene rings is 8. The molecule has 0 amide bonds. The minimum atomic E-state index is -5.42. The highest BCUT2D eigenvalue weighted by atomic mass is 28.6. The zero-order valence-corrected chi connectivity index (χ0v) is 53.4. The van der Waals surface area contributed by atoms with Crippen molar-refractivity contribution in [1.29, 1.82) is 0 Å². The SMILES string of the molecule is CO[Si]1(c2ccccc2)O[Si](C)(O)O[Si](OC)(c2ccccc2)O[Si]2(c3ccccc3)O[Si](O[SiH](C)O)(c3ccccc3)O[SiH](c3ccccc3)O[SiH](c3ccccc3)O[Si](O)(c3ccccc3)O[Si](c3ccccc3)(O1)O2. The van der Waals surface area contributed by atoms with Gasteiger partial charge < -0.3 is 68.5 Å². The van der Waals surface area contributed by atoms with Gasteiger partial charge in [-0.1, -0.05) is 243 Å². The lowest BCUT2D eigenvalue weighted by Crippen LogP contribution is -2.84. The van der Waals surface area contributed by atoms with Gasteiger partial charge in [-0.3, -0.25) is 0 Å². The van der Waals surface area contributed by atoms with Crippen LogP contribution in [0.3, 0.4) is 0 Å². The topological polar surface area (TPSA) is 181 Å². The van der Waals surface area contributed by atoms with Crippen LogP contribution in [0.5, 0.6) is 0 Å². The third-order valence-corrected chi connectivity index (χ3v) is 46.5. The molecule has 10 atom stereocenters. The molecule has 16 nitrogen and oxygen atoms in total. The molecule has 2 heterocycles. The predicted octanol–water partition coefficient (Wildman–Crippen LogP) is 1.22. The summed E-state index contributed by atoms with van der Waals surface area (Å²) in [6.07, 6.45) is 0. The number of hydrogen-bond acceptors (Lipinski definition) is 16. The van der Waals surface area contributed by atoms with Crippen LogP contribution in [0.25, 0.3) is 0 Å². The molecule has 8 aromatic carbocycles. The molecule has 26 heteroatoms. The smallest absolute Gasteiger partial charge is 0.413 e. The van der Waals surface area contributed by atoms with Gasteiger partial charge in [-0.15, -0.1) is 0 Å². The summed E-state index contributed by atoms with van der Waals surface area (Å²) < 4.78 is 97.0. The molecule has 3 N–H and O–H groups in total. The molecule has 2 saturated heterocycles. The molecule has 0 aliphatic carbocycles. The molecule has 0 aromatic heterocycles. The van der Waals surface area contributed by atoms with Crippen LogP contribution in [0, 0.1) is 0 Å². The fourth-order valence-electron chi connectivity index (χ4n) is 9.04. The minimum absolute atomic E-state index is 0.259. The first-order valence-electron chi connectivity index (χ1n) is 25.0. The number of hydrogen-bond donors (Lipinski definition) is 3. The Morgan fingerprint density at radius 1 is 0.372 bits per heavy atom.